The quantitative estimate of drug-likeness (QED) is 0.707. The van der Waals surface area contributed by atoms with Crippen LogP contribution in [0.5, 0.6) is 0 Å². The van der Waals surface area contributed by atoms with Gasteiger partial charge in [0.05, 0.1) is 16.2 Å². The summed E-state index contributed by atoms with van der Waals surface area (Å²) in [6.45, 7) is 5.30. The van der Waals surface area contributed by atoms with Crippen molar-refractivity contribution in [3.8, 4) is 0 Å². The Morgan fingerprint density at radius 3 is 2.58 bits per heavy atom. The van der Waals surface area contributed by atoms with Crippen LogP contribution in [0.25, 0.3) is 5.65 Å². The molecule has 0 spiro atoms. The standard InChI is InChI=1S/C18H19N3O4S/c1-11-4-5-17-20-14(9-21(17)8-11)10-25-18(22)15-7-16(26(19,23)24)13(3)6-12(15)2/h4-9H,10H2,1-3H3,(H2,19,23,24). The van der Waals surface area contributed by atoms with Crippen LogP contribution in [0.1, 0.15) is 32.7 Å². The fourth-order valence-electron chi connectivity index (χ4n) is 2.80. The molecule has 8 heteroatoms. The lowest BCUT2D eigenvalue weighted by Crippen LogP contribution is -2.16. The SMILES string of the molecule is Cc1ccc2nc(COC(=O)c3cc(S(N)(=O)=O)c(C)cc3C)cn2c1. The summed E-state index contributed by atoms with van der Waals surface area (Å²) in [5.41, 5.74) is 3.70. The first kappa shape index (κ1) is 18.1. The third kappa shape index (κ3) is 3.61. The molecule has 2 N–H and O–H groups in total. The number of carbonyl (C=O) groups excluding carboxylic acids is 1. The first-order chi connectivity index (χ1) is 12.1. The van der Waals surface area contributed by atoms with E-state index in [2.05, 4.69) is 4.98 Å². The molecule has 2 heterocycles. The Bertz CT molecular complexity index is 1120. The largest absolute Gasteiger partial charge is 0.456 e. The third-order valence-corrected chi connectivity index (χ3v) is 5.10. The van der Waals surface area contributed by atoms with E-state index in [9.17, 15) is 13.2 Å². The van der Waals surface area contributed by atoms with Crippen molar-refractivity contribution in [3.63, 3.8) is 0 Å². The maximum atomic E-state index is 12.4. The summed E-state index contributed by atoms with van der Waals surface area (Å²) in [6.07, 6.45) is 3.71. The van der Waals surface area contributed by atoms with Gasteiger partial charge in [0, 0.05) is 12.4 Å². The fourth-order valence-corrected chi connectivity index (χ4v) is 3.59. The minimum absolute atomic E-state index is 0.0163. The monoisotopic (exact) mass is 373 g/mol. The molecule has 0 fully saturated rings. The Kier molecular flexibility index (Phi) is 4.55. The van der Waals surface area contributed by atoms with Crippen LogP contribution in [0.2, 0.25) is 0 Å². The number of primary sulfonamides is 1. The first-order valence-corrected chi connectivity index (χ1v) is 9.45. The molecule has 0 aliphatic carbocycles. The van der Waals surface area contributed by atoms with Gasteiger partial charge in [-0.2, -0.15) is 0 Å². The molecule has 26 heavy (non-hydrogen) atoms. The highest BCUT2D eigenvalue weighted by atomic mass is 32.2. The molecule has 0 saturated carbocycles. The number of ether oxygens (including phenoxy) is 1. The van der Waals surface area contributed by atoms with Crippen molar-refractivity contribution in [1.29, 1.82) is 0 Å². The van der Waals surface area contributed by atoms with Crippen LogP contribution in [0.3, 0.4) is 0 Å². The topological polar surface area (TPSA) is 104 Å². The summed E-state index contributed by atoms with van der Waals surface area (Å²) in [7, 11) is -3.92. The maximum Gasteiger partial charge on any atom is 0.338 e. The van der Waals surface area contributed by atoms with Crippen LogP contribution in [0.4, 0.5) is 0 Å². The van der Waals surface area contributed by atoms with Gasteiger partial charge in [0.25, 0.3) is 0 Å². The minimum atomic E-state index is -3.92. The summed E-state index contributed by atoms with van der Waals surface area (Å²) in [5.74, 6) is -0.624. The summed E-state index contributed by atoms with van der Waals surface area (Å²) >= 11 is 0. The normalized spacial score (nSPS) is 11.7. The number of imidazole rings is 1. The lowest BCUT2D eigenvalue weighted by Gasteiger charge is -2.10. The molecule has 3 aromatic rings. The number of nitrogens with zero attached hydrogens (tertiary/aromatic N) is 2. The van der Waals surface area contributed by atoms with Crippen LogP contribution in [-0.2, 0) is 21.4 Å². The van der Waals surface area contributed by atoms with Gasteiger partial charge in [-0.1, -0.05) is 12.1 Å². The molecule has 0 saturated heterocycles. The number of rotatable bonds is 4. The van der Waals surface area contributed by atoms with Crippen molar-refractivity contribution in [2.75, 3.05) is 0 Å². The molecular formula is C18H19N3O4S. The van der Waals surface area contributed by atoms with E-state index in [4.69, 9.17) is 9.88 Å². The molecule has 1 aromatic carbocycles. The van der Waals surface area contributed by atoms with Crippen LogP contribution >= 0.6 is 0 Å². The predicted octanol–water partition coefficient (Wildman–Crippen LogP) is 2.26. The summed E-state index contributed by atoms with van der Waals surface area (Å²) in [5, 5.41) is 5.20. The third-order valence-electron chi connectivity index (χ3n) is 4.05. The van der Waals surface area contributed by atoms with Crippen LogP contribution in [0.15, 0.2) is 41.6 Å². The molecule has 0 aliphatic rings. The Hall–Kier alpha value is -2.71. The number of aromatic nitrogens is 2. The van der Waals surface area contributed by atoms with Gasteiger partial charge in [-0.25, -0.2) is 23.3 Å². The van der Waals surface area contributed by atoms with E-state index < -0.39 is 16.0 Å². The van der Waals surface area contributed by atoms with Gasteiger partial charge in [-0.3, -0.25) is 0 Å². The van der Waals surface area contributed by atoms with Crippen LogP contribution < -0.4 is 5.14 Å². The van der Waals surface area contributed by atoms with E-state index in [1.807, 2.05) is 29.7 Å². The van der Waals surface area contributed by atoms with E-state index in [0.717, 1.165) is 11.2 Å². The molecule has 0 bridgehead atoms. The second-order valence-electron chi connectivity index (χ2n) is 6.26. The van der Waals surface area contributed by atoms with Gasteiger partial charge in [0.1, 0.15) is 12.3 Å². The number of pyridine rings is 1. The van der Waals surface area contributed by atoms with E-state index in [-0.39, 0.29) is 17.1 Å². The van der Waals surface area contributed by atoms with Gasteiger partial charge in [-0.05, 0) is 49.6 Å². The highest BCUT2D eigenvalue weighted by molar-refractivity contribution is 7.89. The predicted molar refractivity (Wildman–Crippen MR) is 96.3 cm³/mol. The average Bonchev–Trinajstić information content (AvgIpc) is 2.93. The smallest absolute Gasteiger partial charge is 0.338 e. The van der Waals surface area contributed by atoms with Gasteiger partial charge in [0.15, 0.2) is 0 Å². The van der Waals surface area contributed by atoms with Crippen LogP contribution in [0, 0.1) is 20.8 Å². The van der Waals surface area contributed by atoms with Crippen molar-refractivity contribution < 1.29 is 17.9 Å². The molecule has 0 radical (unpaired) electrons. The first-order valence-electron chi connectivity index (χ1n) is 7.90. The molecule has 0 atom stereocenters. The number of carbonyl (C=O) groups is 1. The molecular weight excluding hydrogens is 354 g/mol. The van der Waals surface area contributed by atoms with Crippen LogP contribution in [-0.4, -0.2) is 23.8 Å². The Balaban J connectivity index is 1.83. The lowest BCUT2D eigenvalue weighted by atomic mass is 10.1. The summed E-state index contributed by atoms with van der Waals surface area (Å²) in [6, 6.07) is 6.69. The highest BCUT2D eigenvalue weighted by Crippen LogP contribution is 2.21. The number of fused-ring (bicyclic) bond motifs is 1. The molecule has 136 valence electrons. The minimum Gasteiger partial charge on any atom is -0.456 e. The maximum absolute atomic E-state index is 12.4. The fraction of sp³-hybridized carbons (Fsp3) is 0.222. The zero-order chi connectivity index (χ0) is 19.1. The highest BCUT2D eigenvalue weighted by Gasteiger charge is 2.19. The van der Waals surface area contributed by atoms with Crippen molar-refractivity contribution in [2.24, 2.45) is 5.14 Å². The lowest BCUT2D eigenvalue weighted by molar-refractivity contribution is 0.0467. The number of sulfonamides is 1. The molecule has 7 nitrogen and oxygen atoms in total. The van der Waals surface area contributed by atoms with E-state index in [1.165, 1.54) is 6.07 Å². The molecule has 0 amide bonds. The number of hydrogen-bond donors (Lipinski definition) is 1. The van der Waals surface area contributed by atoms with Gasteiger partial charge in [-0.15, -0.1) is 0 Å². The van der Waals surface area contributed by atoms with Crippen molar-refractivity contribution >= 4 is 21.6 Å². The van der Waals surface area contributed by atoms with Crippen molar-refractivity contribution in [2.45, 2.75) is 32.3 Å². The zero-order valence-corrected chi connectivity index (χ0v) is 15.5. The van der Waals surface area contributed by atoms with E-state index in [0.29, 0.717) is 16.8 Å². The van der Waals surface area contributed by atoms with Gasteiger partial charge >= 0.3 is 5.97 Å². The van der Waals surface area contributed by atoms with Gasteiger partial charge in [0.2, 0.25) is 10.0 Å². The van der Waals surface area contributed by atoms with E-state index in [1.54, 1.807) is 26.1 Å². The Morgan fingerprint density at radius 1 is 1.15 bits per heavy atom. The van der Waals surface area contributed by atoms with Gasteiger partial charge < -0.3 is 9.14 Å². The number of nitrogens with two attached hydrogens (primary N) is 1. The Morgan fingerprint density at radius 2 is 1.88 bits per heavy atom. The average molecular weight is 373 g/mol. The number of esters is 1. The second kappa shape index (κ2) is 6.54. The molecule has 3 rings (SSSR count). The van der Waals surface area contributed by atoms with Crippen molar-refractivity contribution in [3.05, 3.63) is 64.6 Å². The number of hydrogen-bond acceptors (Lipinski definition) is 5. The second-order valence-corrected chi connectivity index (χ2v) is 7.79. The zero-order valence-electron chi connectivity index (χ0n) is 14.7. The molecule has 0 aliphatic heterocycles. The molecule has 2 aromatic heterocycles. The number of benzene rings is 1. The van der Waals surface area contributed by atoms with E-state index >= 15 is 0 Å². The molecule has 0 unspecified atom stereocenters. The number of aryl methyl sites for hydroxylation is 3. The summed E-state index contributed by atoms with van der Waals surface area (Å²) < 4.78 is 30.5. The van der Waals surface area contributed by atoms with Crippen molar-refractivity contribution in [1.82, 2.24) is 9.38 Å². The Labute approximate surface area is 151 Å². The summed E-state index contributed by atoms with van der Waals surface area (Å²) in [4.78, 5) is 16.7.